The summed E-state index contributed by atoms with van der Waals surface area (Å²) in [5.74, 6) is -0.230. The Labute approximate surface area is 194 Å². The van der Waals surface area contributed by atoms with Crippen molar-refractivity contribution in [2.45, 2.75) is 50.1 Å². The standard InChI is InChI=1S/C24H29N5O3S/c1-18-7-4-5-14-29(18)33(31,32)23-9-6-8-21(15-23)24(30)27(3)19(2)20-10-12-22(13-11-20)28-17-25-16-26-28/h6,8-13,15-19H,4-5,7,14H2,1-3H3. The molecule has 2 unspecified atom stereocenters. The average molecular weight is 468 g/mol. The summed E-state index contributed by atoms with van der Waals surface area (Å²) in [6.07, 6.45) is 5.85. The number of hydrogen-bond donors (Lipinski definition) is 0. The third-order valence-corrected chi connectivity index (χ3v) is 8.40. The number of rotatable bonds is 6. The number of aromatic nitrogens is 3. The maximum absolute atomic E-state index is 13.2. The first kappa shape index (κ1) is 23.1. The lowest BCUT2D eigenvalue weighted by atomic mass is 10.1. The molecule has 0 aliphatic carbocycles. The SMILES string of the molecule is CC(c1ccc(-n2cncn2)cc1)N(C)C(=O)c1cccc(S(=O)(=O)N2CCCCC2C)c1. The predicted molar refractivity (Wildman–Crippen MR) is 126 cm³/mol. The van der Waals surface area contributed by atoms with Gasteiger partial charge in [-0.15, -0.1) is 0 Å². The van der Waals surface area contributed by atoms with Gasteiger partial charge in [0.05, 0.1) is 16.6 Å². The van der Waals surface area contributed by atoms with Crippen LogP contribution in [0.2, 0.25) is 0 Å². The maximum atomic E-state index is 13.2. The van der Waals surface area contributed by atoms with Crippen LogP contribution in [0.5, 0.6) is 0 Å². The van der Waals surface area contributed by atoms with E-state index in [1.807, 2.05) is 38.1 Å². The molecule has 1 fully saturated rings. The average Bonchev–Trinajstić information content (AvgIpc) is 3.38. The minimum atomic E-state index is -3.64. The normalized spacial score (nSPS) is 18.1. The molecule has 0 spiro atoms. The van der Waals surface area contributed by atoms with E-state index in [2.05, 4.69) is 10.1 Å². The Balaban J connectivity index is 1.53. The van der Waals surface area contributed by atoms with Crippen LogP contribution in [-0.2, 0) is 10.0 Å². The first-order chi connectivity index (χ1) is 15.8. The largest absolute Gasteiger partial charge is 0.335 e. The molecule has 0 radical (unpaired) electrons. The van der Waals surface area contributed by atoms with Crippen LogP contribution in [0.3, 0.4) is 0 Å². The van der Waals surface area contributed by atoms with Crippen LogP contribution >= 0.6 is 0 Å². The molecular weight excluding hydrogens is 438 g/mol. The number of carbonyl (C=O) groups is 1. The van der Waals surface area contributed by atoms with E-state index in [9.17, 15) is 13.2 Å². The van der Waals surface area contributed by atoms with Crippen LogP contribution < -0.4 is 0 Å². The topological polar surface area (TPSA) is 88.4 Å². The molecule has 1 saturated heterocycles. The summed E-state index contributed by atoms with van der Waals surface area (Å²) in [6.45, 7) is 4.40. The molecule has 3 aromatic rings. The lowest BCUT2D eigenvalue weighted by Crippen LogP contribution is -2.42. The van der Waals surface area contributed by atoms with Crippen molar-refractivity contribution in [1.82, 2.24) is 24.0 Å². The molecule has 0 bridgehead atoms. The molecule has 33 heavy (non-hydrogen) atoms. The van der Waals surface area contributed by atoms with Gasteiger partial charge < -0.3 is 4.90 Å². The summed E-state index contributed by atoms with van der Waals surface area (Å²) in [5, 5.41) is 4.12. The predicted octanol–water partition coefficient (Wildman–Crippen LogP) is 3.66. The van der Waals surface area contributed by atoms with Crippen molar-refractivity contribution in [3.63, 3.8) is 0 Å². The van der Waals surface area contributed by atoms with E-state index in [4.69, 9.17) is 0 Å². The molecular formula is C24H29N5O3S. The Bertz CT molecular complexity index is 1210. The van der Waals surface area contributed by atoms with Crippen LogP contribution in [0.15, 0.2) is 66.1 Å². The van der Waals surface area contributed by atoms with Gasteiger partial charge in [-0.05, 0) is 62.6 Å². The Morgan fingerprint density at radius 3 is 2.58 bits per heavy atom. The number of carbonyl (C=O) groups excluding carboxylic acids is 1. The van der Waals surface area contributed by atoms with Gasteiger partial charge in [-0.25, -0.2) is 18.1 Å². The van der Waals surface area contributed by atoms with Crippen LogP contribution in [0.25, 0.3) is 5.69 Å². The molecule has 0 N–H and O–H groups in total. The highest BCUT2D eigenvalue weighted by Crippen LogP contribution is 2.27. The number of nitrogens with zero attached hydrogens (tertiary/aromatic N) is 5. The van der Waals surface area contributed by atoms with Crippen molar-refractivity contribution in [2.24, 2.45) is 0 Å². The van der Waals surface area contributed by atoms with Gasteiger partial charge >= 0.3 is 0 Å². The summed E-state index contributed by atoms with van der Waals surface area (Å²) in [4.78, 5) is 19.0. The highest BCUT2D eigenvalue weighted by Gasteiger charge is 2.31. The smallest absolute Gasteiger partial charge is 0.254 e. The molecule has 1 amide bonds. The van der Waals surface area contributed by atoms with Gasteiger partial charge in [-0.1, -0.05) is 24.6 Å². The fourth-order valence-corrected chi connectivity index (χ4v) is 5.95. The van der Waals surface area contributed by atoms with Crippen LogP contribution in [0, 0.1) is 0 Å². The zero-order valence-corrected chi connectivity index (χ0v) is 19.9. The lowest BCUT2D eigenvalue weighted by Gasteiger charge is -2.32. The summed E-state index contributed by atoms with van der Waals surface area (Å²) in [7, 11) is -1.91. The van der Waals surface area contributed by atoms with Gasteiger partial charge in [0.2, 0.25) is 10.0 Å². The molecule has 174 valence electrons. The highest BCUT2D eigenvalue weighted by atomic mass is 32.2. The molecule has 8 nitrogen and oxygen atoms in total. The molecule has 1 aliphatic heterocycles. The Hall–Kier alpha value is -3.04. The van der Waals surface area contributed by atoms with Gasteiger partial charge in [0.25, 0.3) is 5.91 Å². The van der Waals surface area contributed by atoms with Gasteiger partial charge in [0.1, 0.15) is 12.7 Å². The summed E-state index contributed by atoms with van der Waals surface area (Å²) in [5.41, 5.74) is 2.19. The maximum Gasteiger partial charge on any atom is 0.254 e. The molecule has 2 atom stereocenters. The van der Waals surface area contributed by atoms with Crippen molar-refractivity contribution in [2.75, 3.05) is 13.6 Å². The van der Waals surface area contributed by atoms with E-state index >= 15 is 0 Å². The summed E-state index contributed by atoms with van der Waals surface area (Å²) in [6, 6.07) is 13.9. The fraction of sp³-hybridized carbons (Fsp3) is 0.375. The Morgan fingerprint density at radius 2 is 1.91 bits per heavy atom. The number of hydrogen-bond acceptors (Lipinski definition) is 5. The van der Waals surface area contributed by atoms with Crippen LogP contribution in [0.4, 0.5) is 0 Å². The Morgan fingerprint density at radius 1 is 1.15 bits per heavy atom. The second-order valence-electron chi connectivity index (χ2n) is 8.51. The van der Waals surface area contributed by atoms with Gasteiger partial charge in [-0.3, -0.25) is 4.79 Å². The molecule has 1 aliphatic rings. The second kappa shape index (κ2) is 9.44. The van der Waals surface area contributed by atoms with Crippen LogP contribution in [-0.4, -0.2) is 57.9 Å². The van der Waals surface area contributed by atoms with E-state index in [1.54, 1.807) is 45.5 Å². The Kier molecular flexibility index (Phi) is 6.62. The highest BCUT2D eigenvalue weighted by molar-refractivity contribution is 7.89. The third-order valence-electron chi connectivity index (χ3n) is 6.39. The van der Waals surface area contributed by atoms with Gasteiger partial charge in [-0.2, -0.15) is 9.40 Å². The molecule has 0 saturated carbocycles. The second-order valence-corrected chi connectivity index (χ2v) is 10.4. The van der Waals surface area contributed by atoms with Gasteiger partial charge in [0.15, 0.2) is 0 Å². The first-order valence-electron chi connectivity index (χ1n) is 11.1. The quantitative estimate of drug-likeness (QED) is 0.552. The zero-order chi connectivity index (χ0) is 23.6. The minimum Gasteiger partial charge on any atom is -0.335 e. The lowest BCUT2D eigenvalue weighted by molar-refractivity contribution is 0.0742. The monoisotopic (exact) mass is 467 g/mol. The number of amides is 1. The zero-order valence-electron chi connectivity index (χ0n) is 19.1. The van der Waals surface area contributed by atoms with Crippen LogP contribution in [0.1, 0.15) is 55.1 Å². The number of piperidine rings is 1. The molecule has 1 aromatic heterocycles. The third kappa shape index (κ3) is 4.69. The van der Waals surface area contributed by atoms with E-state index in [0.717, 1.165) is 30.5 Å². The summed E-state index contributed by atoms with van der Waals surface area (Å²) < 4.78 is 29.7. The molecule has 4 rings (SSSR count). The van der Waals surface area contributed by atoms with Gasteiger partial charge in [0, 0.05) is 25.2 Å². The van der Waals surface area contributed by atoms with E-state index in [1.165, 1.54) is 12.4 Å². The van der Waals surface area contributed by atoms with E-state index < -0.39 is 10.0 Å². The molecule has 2 aromatic carbocycles. The number of benzene rings is 2. The van der Waals surface area contributed by atoms with Crippen molar-refractivity contribution < 1.29 is 13.2 Å². The van der Waals surface area contributed by atoms with Crippen molar-refractivity contribution in [3.8, 4) is 5.69 Å². The molecule has 9 heteroatoms. The molecule has 2 heterocycles. The van der Waals surface area contributed by atoms with E-state index in [-0.39, 0.29) is 22.9 Å². The first-order valence-corrected chi connectivity index (χ1v) is 12.6. The van der Waals surface area contributed by atoms with Crippen molar-refractivity contribution in [1.29, 1.82) is 0 Å². The number of sulfonamides is 1. The van der Waals surface area contributed by atoms with E-state index in [0.29, 0.717) is 12.1 Å². The summed E-state index contributed by atoms with van der Waals surface area (Å²) >= 11 is 0. The minimum absolute atomic E-state index is 0.0358. The van der Waals surface area contributed by atoms with Crippen molar-refractivity contribution in [3.05, 3.63) is 72.3 Å². The fourth-order valence-electron chi connectivity index (χ4n) is 4.20. The van der Waals surface area contributed by atoms with Crippen molar-refractivity contribution >= 4 is 15.9 Å².